The summed E-state index contributed by atoms with van der Waals surface area (Å²) in [6, 6.07) is 7.48. The number of halogens is 1. The van der Waals surface area contributed by atoms with Crippen LogP contribution in [-0.4, -0.2) is 13.2 Å². The maximum atomic E-state index is 5.94. The van der Waals surface area contributed by atoms with E-state index in [-0.39, 0.29) is 0 Å². The maximum absolute atomic E-state index is 5.94. The minimum Gasteiger partial charge on any atom is -0.492 e. The van der Waals surface area contributed by atoms with Gasteiger partial charge in [0.05, 0.1) is 11.6 Å². The predicted octanol–water partition coefficient (Wildman–Crippen LogP) is 2.70. The molecule has 0 aliphatic heterocycles. The van der Waals surface area contributed by atoms with Crippen LogP contribution in [0.25, 0.3) is 0 Å². The monoisotopic (exact) mass is 213 g/mol. The summed E-state index contributed by atoms with van der Waals surface area (Å²) in [5.74, 6) is 1.15. The molecule has 78 valence electrons. The van der Waals surface area contributed by atoms with Crippen molar-refractivity contribution in [1.82, 2.24) is 0 Å². The second-order valence-corrected chi connectivity index (χ2v) is 3.66. The minimum atomic E-state index is 0.409. The van der Waals surface area contributed by atoms with Crippen molar-refractivity contribution < 1.29 is 4.74 Å². The molecule has 1 atom stereocenters. The van der Waals surface area contributed by atoms with Crippen LogP contribution in [0.1, 0.15) is 13.3 Å². The molecule has 0 radical (unpaired) electrons. The summed E-state index contributed by atoms with van der Waals surface area (Å²) in [4.78, 5) is 0. The highest BCUT2D eigenvalue weighted by atomic mass is 35.5. The summed E-state index contributed by atoms with van der Waals surface area (Å²) in [7, 11) is 0. The molecule has 1 aromatic rings. The van der Waals surface area contributed by atoms with Gasteiger partial charge in [-0.2, -0.15) is 0 Å². The Morgan fingerprint density at radius 3 is 2.71 bits per heavy atom. The quantitative estimate of drug-likeness (QED) is 0.817. The van der Waals surface area contributed by atoms with Crippen LogP contribution in [0.4, 0.5) is 0 Å². The standard InChI is InChI=1S/C11H16ClNO/c1-2-9(7-13)8-14-11-6-4-3-5-10(11)12/h3-6,9H,2,7-8,13H2,1H3. The highest BCUT2D eigenvalue weighted by molar-refractivity contribution is 6.32. The van der Waals surface area contributed by atoms with Gasteiger partial charge >= 0.3 is 0 Å². The summed E-state index contributed by atoms with van der Waals surface area (Å²) in [5, 5.41) is 0.652. The minimum absolute atomic E-state index is 0.409. The Balaban J connectivity index is 2.49. The first kappa shape index (κ1) is 11.3. The SMILES string of the molecule is CCC(CN)COc1ccccc1Cl. The van der Waals surface area contributed by atoms with E-state index in [9.17, 15) is 0 Å². The molecular formula is C11H16ClNO. The Hall–Kier alpha value is -0.730. The molecule has 0 saturated carbocycles. The summed E-state index contributed by atoms with van der Waals surface area (Å²) in [5.41, 5.74) is 5.57. The summed E-state index contributed by atoms with van der Waals surface area (Å²) >= 11 is 5.94. The lowest BCUT2D eigenvalue weighted by Crippen LogP contribution is -2.20. The fourth-order valence-corrected chi connectivity index (χ4v) is 1.31. The van der Waals surface area contributed by atoms with E-state index in [0.29, 0.717) is 24.1 Å². The third-order valence-corrected chi connectivity index (χ3v) is 2.53. The summed E-state index contributed by atoms with van der Waals surface area (Å²) in [6.07, 6.45) is 1.03. The van der Waals surface area contributed by atoms with Gasteiger partial charge in [-0.15, -0.1) is 0 Å². The number of nitrogens with two attached hydrogens (primary N) is 1. The zero-order valence-corrected chi connectivity index (χ0v) is 9.13. The third kappa shape index (κ3) is 3.20. The van der Waals surface area contributed by atoms with Crippen LogP contribution in [0.15, 0.2) is 24.3 Å². The Morgan fingerprint density at radius 2 is 2.14 bits per heavy atom. The van der Waals surface area contributed by atoms with Crippen LogP contribution >= 0.6 is 11.6 Å². The molecule has 2 N–H and O–H groups in total. The predicted molar refractivity (Wildman–Crippen MR) is 59.8 cm³/mol. The number of hydrogen-bond donors (Lipinski definition) is 1. The Bertz CT molecular complexity index is 274. The zero-order chi connectivity index (χ0) is 10.4. The number of rotatable bonds is 5. The average molecular weight is 214 g/mol. The van der Waals surface area contributed by atoms with E-state index in [1.54, 1.807) is 0 Å². The zero-order valence-electron chi connectivity index (χ0n) is 8.37. The maximum Gasteiger partial charge on any atom is 0.137 e. The van der Waals surface area contributed by atoms with Crippen molar-refractivity contribution in [2.75, 3.05) is 13.2 Å². The van der Waals surface area contributed by atoms with Crippen molar-refractivity contribution in [2.24, 2.45) is 11.7 Å². The molecule has 0 aliphatic rings. The van der Waals surface area contributed by atoms with Crippen molar-refractivity contribution in [3.05, 3.63) is 29.3 Å². The number of ether oxygens (including phenoxy) is 1. The molecule has 1 unspecified atom stereocenters. The molecule has 2 nitrogen and oxygen atoms in total. The summed E-state index contributed by atoms with van der Waals surface area (Å²) in [6.45, 7) is 3.39. The number of hydrogen-bond acceptors (Lipinski definition) is 2. The third-order valence-electron chi connectivity index (χ3n) is 2.22. The van der Waals surface area contributed by atoms with Gasteiger partial charge in [-0.1, -0.05) is 30.7 Å². The van der Waals surface area contributed by atoms with E-state index in [1.165, 1.54) is 0 Å². The smallest absolute Gasteiger partial charge is 0.137 e. The fraction of sp³-hybridized carbons (Fsp3) is 0.455. The van der Waals surface area contributed by atoms with E-state index >= 15 is 0 Å². The molecule has 0 fully saturated rings. The molecule has 0 aromatic heterocycles. The lowest BCUT2D eigenvalue weighted by atomic mass is 10.1. The highest BCUT2D eigenvalue weighted by Crippen LogP contribution is 2.23. The molecule has 0 heterocycles. The van der Waals surface area contributed by atoms with Crippen LogP contribution in [0.2, 0.25) is 5.02 Å². The number of para-hydroxylation sites is 1. The molecule has 0 spiro atoms. The normalized spacial score (nSPS) is 12.5. The van der Waals surface area contributed by atoms with Gasteiger partial charge in [-0.25, -0.2) is 0 Å². The van der Waals surface area contributed by atoms with E-state index < -0.39 is 0 Å². The van der Waals surface area contributed by atoms with Gasteiger partial charge in [0.15, 0.2) is 0 Å². The topological polar surface area (TPSA) is 35.2 Å². The molecule has 14 heavy (non-hydrogen) atoms. The van der Waals surface area contributed by atoms with Crippen molar-refractivity contribution in [2.45, 2.75) is 13.3 Å². The fourth-order valence-electron chi connectivity index (χ4n) is 1.12. The molecule has 0 bridgehead atoms. The Labute approximate surface area is 90.0 Å². The van der Waals surface area contributed by atoms with Gasteiger partial charge < -0.3 is 10.5 Å². The van der Waals surface area contributed by atoms with Gasteiger partial charge in [0.2, 0.25) is 0 Å². The van der Waals surface area contributed by atoms with Crippen LogP contribution in [0.3, 0.4) is 0 Å². The van der Waals surface area contributed by atoms with E-state index in [1.807, 2.05) is 24.3 Å². The van der Waals surface area contributed by atoms with Crippen LogP contribution in [-0.2, 0) is 0 Å². The molecule has 0 saturated heterocycles. The van der Waals surface area contributed by atoms with E-state index in [4.69, 9.17) is 22.1 Å². The molecule has 0 amide bonds. The van der Waals surface area contributed by atoms with E-state index in [0.717, 1.165) is 12.2 Å². The van der Waals surface area contributed by atoms with Crippen molar-refractivity contribution >= 4 is 11.6 Å². The Kier molecular flexibility index (Phi) is 4.77. The second kappa shape index (κ2) is 5.89. The van der Waals surface area contributed by atoms with Gasteiger partial charge in [0.1, 0.15) is 5.75 Å². The summed E-state index contributed by atoms with van der Waals surface area (Å²) < 4.78 is 5.57. The van der Waals surface area contributed by atoms with Gasteiger partial charge in [0, 0.05) is 5.92 Å². The van der Waals surface area contributed by atoms with Crippen LogP contribution in [0, 0.1) is 5.92 Å². The highest BCUT2D eigenvalue weighted by Gasteiger charge is 2.06. The molecular weight excluding hydrogens is 198 g/mol. The van der Waals surface area contributed by atoms with Gasteiger partial charge in [-0.05, 0) is 25.1 Å². The first-order valence-corrected chi connectivity index (χ1v) is 5.23. The molecule has 1 aromatic carbocycles. The first-order chi connectivity index (χ1) is 6.77. The average Bonchev–Trinajstić information content (AvgIpc) is 2.22. The second-order valence-electron chi connectivity index (χ2n) is 3.25. The van der Waals surface area contributed by atoms with E-state index in [2.05, 4.69) is 6.92 Å². The molecule has 1 rings (SSSR count). The first-order valence-electron chi connectivity index (χ1n) is 4.85. The lowest BCUT2D eigenvalue weighted by Gasteiger charge is -2.14. The van der Waals surface area contributed by atoms with Crippen LogP contribution in [0.5, 0.6) is 5.75 Å². The number of benzene rings is 1. The molecule has 3 heteroatoms. The van der Waals surface area contributed by atoms with Crippen LogP contribution < -0.4 is 10.5 Å². The van der Waals surface area contributed by atoms with Gasteiger partial charge in [-0.3, -0.25) is 0 Å². The Morgan fingerprint density at radius 1 is 1.43 bits per heavy atom. The van der Waals surface area contributed by atoms with Gasteiger partial charge in [0.25, 0.3) is 0 Å². The molecule has 0 aliphatic carbocycles. The van der Waals surface area contributed by atoms with Crippen molar-refractivity contribution in [1.29, 1.82) is 0 Å². The largest absolute Gasteiger partial charge is 0.492 e. The lowest BCUT2D eigenvalue weighted by molar-refractivity contribution is 0.249. The van der Waals surface area contributed by atoms with Crippen molar-refractivity contribution in [3.8, 4) is 5.75 Å². The van der Waals surface area contributed by atoms with Crippen molar-refractivity contribution in [3.63, 3.8) is 0 Å².